The van der Waals surface area contributed by atoms with E-state index >= 15 is 0 Å². The van der Waals surface area contributed by atoms with Gasteiger partial charge in [0, 0.05) is 26.0 Å². The molecule has 1 heterocycles. The topological polar surface area (TPSA) is 60.9 Å². The zero-order chi connectivity index (χ0) is 15.8. The van der Waals surface area contributed by atoms with Gasteiger partial charge in [-0.05, 0) is 6.42 Å². The van der Waals surface area contributed by atoms with E-state index in [9.17, 15) is 13.2 Å². The summed E-state index contributed by atoms with van der Waals surface area (Å²) in [5.41, 5.74) is -5.53. The van der Waals surface area contributed by atoms with Gasteiger partial charge in [0.1, 0.15) is 0 Å². The van der Waals surface area contributed by atoms with Gasteiger partial charge < -0.3 is 9.80 Å². The molecule has 5 nitrogen and oxygen atoms in total. The third-order valence-electron chi connectivity index (χ3n) is 2.53. The summed E-state index contributed by atoms with van der Waals surface area (Å²) < 4.78 is 57.5. The fourth-order valence-electron chi connectivity index (χ4n) is 1.48. The van der Waals surface area contributed by atoms with Gasteiger partial charge in [0.05, 0.1) is 6.67 Å². The highest BCUT2D eigenvalue weighted by atomic mass is 32.2. The maximum absolute atomic E-state index is 10.7. The van der Waals surface area contributed by atoms with Gasteiger partial charge >= 0.3 is 15.6 Å². The van der Waals surface area contributed by atoms with Crippen LogP contribution in [0.1, 0.15) is 32.6 Å². The largest absolute Gasteiger partial charge is 0.522 e. The zero-order valence-electron chi connectivity index (χ0n) is 11.6. The van der Waals surface area contributed by atoms with Crippen LogP contribution in [0.25, 0.3) is 0 Å². The standard InChI is InChI=1S/C10H20N2.CHF3O3S/c1-3-4-5-6-7-12-9-8-11(2)10-12;2-1(3,4)8(5,6)7/h8-9H,3-7,10H2,1-2H3;(H,5,6,7). The third-order valence-corrected chi connectivity index (χ3v) is 3.11. The van der Waals surface area contributed by atoms with E-state index in [4.69, 9.17) is 13.0 Å². The maximum Gasteiger partial charge on any atom is 0.522 e. The van der Waals surface area contributed by atoms with Crippen LogP contribution in [0.15, 0.2) is 12.4 Å². The molecule has 0 aliphatic carbocycles. The maximum atomic E-state index is 10.7. The van der Waals surface area contributed by atoms with Crippen molar-refractivity contribution in [3.63, 3.8) is 0 Å². The number of hydrogen-bond acceptors (Lipinski definition) is 4. The second-order valence-electron chi connectivity index (χ2n) is 4.49. The van der Waals surface area contributed by atoms with Crippen LogP contribution < -0.4 is 0 Å². The van der Waals surface area contributed by atoms with Crippen LogP contribution in [0.2, 0.25) is 0 Å². The lowest BCUT2D eigenvalue weighted by atomic mass is 10.2. The number of rotatable bonds is 5. The molecular formula is C11H21F3N2O3S. The smallest absolute Gasteiger partial charge is 0.362 e. The van der Waals surface area contributed by atoms with E-state index in [-0.39, 0.29) is 0 Å². The average molecular weight is 318 g/mol. The second-order valence-corrected chi connectivity index (χ2v) is 5.90. The minimum Gasteiger partial charge on any atom is -0.362 e. The van der Waals surface area contributed by atoms with Gasteiger partial charge in [-0.1, -0.05) is 26.2 Å². The van der Waals surface area contributed by atoms with Gasteiger partial charge in [-0.25, -0.2) is 0 Å². The van der Waals surface area contributed by atoms with Crippen LogP contribution >= 0.6 is 0 Å². The summed E-state index contributed by atoms with van der Waals surface area (Å²) in [4.78, 5) is 4.58. The van der Waals surface area contributed by atoms with E-state index in [1.807, 2.05) is 0 Å². The molecule has 9 heteroatoms. The van der Waals surface area contributed by atoms with Crippen LogP contribution in [0.3, 0.4) is 0 Å². The third kappa shape index (κ3) is 8.26. The van der Waals surface area contributed by atoms with Crippen molar-refractivity contribution in [1.82, 2.24) is 9.80 Å². The first kappa shape index (κ1) is 19.0. The highest BCUT2D eigenvalue weighted by Crippen LogP contribution is 2.20. The molecule has 0 atom stereocenters. The van der Waals surface area contributed by atoms with Crippen molar-refractivity contribution in [3.05, 3.63) is 12.4 Å². The minimum atomic E-state index is -5.84. The van der Waals surface area contributed by atoms with Gasteiger partial charge in [-0.2, -0.15) is 21.6 Å². The van der Waals surface area contributed by atoms with Crippen molar-refractivity contribution in [2.75, 3.05) is 20.3 Å². The Balaban J connectivity index is 0.000000396. The Morgan fingerprint density at radius 3 is 2.10 bits per heavy atom. The van der Waals surface area contributed by atoms with Gasteiger partial charge in [-0.15, -0.1) is 0 Å². The normalized spacial score (nSPS) is 15.3. The molecule has 0 amide bonds. The summed E-state index contributed by atoms with van der Waals surface area (Å²) >= 11 is 0. The molecule has 20 heavy (non-hydrogen) atoms. The van der Waals surface area contributed by atoms with Gasteiger partial charge in [0.15, 0.2) is 0 Å². The number of hydrogen-bond donors (Lipinski definition) is 1. The highest BCUT2D eigenvalue weighted by Gasteiger charge is 2.44. The molecule has 0 aromatic rings. The molecule has 0 fully saturated rings. The Labute approximate surface area is 117 Å². The zero-order valence-corrected chi connectivity index (χ0v) is 12.4. The molecule has 1 rings (SSSR count). The molecule has 0 unspecified atom stereocenters. The second kappa shape index (κ2) is 8.35. The van der Waals surface area contributed by atoms with E-state index in [2.05, 4.69) is 36.2 Å². The van der Waals surface area contributed by atoms with Gasteiger partial charge in [0.25, 0.3) is 0 Å². The fourth-order valence-corrected chi connectivity index (χ4v) is 1.48. The van der Waals surface area contributed by atoms with Crippen molar-refractivity contribution in [1.29, 1.82) is 0 Å². The molecule has 1 N–H and O–H groups in total. The van der Waals surface area contributed by atoms with E-state index in [1.165, 1.54) is 32.2 Å². The Morgan fingerprint density at radius 1 is 1.20 bits per heavy atom. The first-order chi connectivity index (χ1) is 9.08. The molecule has 0 spiro atoms. The predicted molar refractivity (Wildman–Crippen MR) is 70.2 cm³/mol. The summed E-state index contributed by atoms with van der Waals surface area (Å²) in [6.07, 6.45) is 9.76. The summed E-state index contributed by atoms with van der Waals surface area (Å²) in [6.45, 7) is 4.55. The van der Waals surface area contributed by atoms with Crippen LogP contribution in [-0.2, 0) is 10.1 Å². The Bertz CT molecular complexity index is 396. The molecule has 0 saturated heterocycles. The van der Waals surface area contributed by atoms with Crippen LogP contribution in [-0.4, -0.2) is 48.5 Å². The van der Waals surface area contributed by atoms with E-state index in [0.29, 0.717) is 0 Å². The predicted octanol–water partition coefficient (Wildman–Crippen LogP) is 2.64. The summed E-state index contributed by atoms with van der Waals surface area (Å²) in [7, 11) is -3.73. The monoisotopic (exact) mass is 318 g/mol. The van der Waals surface area contributed by atoms with Crippen LogP contribution in [0, 0.1) is 0 Å². The number of alkyl halides is 3. The molecule has 0 radical (unpaired) electrons. The van der Waals surface area contributed by atoms with E-state index in [1.54, 1.807) is 0 Å². The van der Waals surface area contributed by atoms with Crippen molar-refractivity contribution in [2.45, 2.75) is 38.1 Å². The van der Waals surface area contributed by atoms with Crippen LogP contribution in [0.5, 0.6) is 0 Å². The Morgan fingerprint density at radius 2 is 1.75 bits per heavy atom. The molecule has 1 aliphatic heterocycles. The van der Waals surface area contributed by atoms with Crippen molar-refractivity contribution < 1.29 is 26.1 Å². The summed E-state index contributed by atoms with van der Waals surface area (Å²) in [6, 6.07) is 0. The minimum absolute atomic E-state index is 1.08. The molecule has 0 aromatic heterocycles. The molecule has 120 valence electrons. The van der Waals surface area contributed by atoms with Crippen LogP contribution in [0.4, 0.5) is 13.2 Å². The summed E-state index contributed by atoms with van der Waals surface area (Å²) in [5, 5.41) is 0. The quantitative estimate of drug-likeness (QED) is 0.480. The van der Waals surface area contributed by atoms with Gasteiger partial charge in [-0.3, -0.25) is 4.55 Å². The number of unbranched alkanes of at least 4 members (excludes halogenated alkanes) is 3. The molecule has 0 aromatic carbocycles. The average Bonchev–Trinajstić information content (AvgIpc) is 2.69. The Hall–Kier alpha value is -0.960. The van der Waals surface area contributed by atoms with Crippen molar-refractivity contribution in [2.24, 2.45) is 0 Å². The van der Waals surface area contributed by atoms with Crippen molar-refractivity contribution in [3.8, 4) is 0 Å². The molecule has 0 bridgehead atoms. The SMILES string of the molecule is CCCCCCN1C=CN(C)C1.O=S(=O)(O)C(F)(F)F. The lowest BCUT2D eigenvalue weighted by molar-refractivity contribution is -0.0510. The number of halogens is 3. The lowest BCUT2D eigenvalue weighted by Crippen LogP contribution is -2.23. The first-order valence-electron chi connectivity index (χ1n) is 6.24. The highest BCUT2D eigenvalue weighted by molar-refractivity contribution is 7.86. The van der Waals surface area contributed by atoms with Crippen molar-refractivity contribution >= 4 is 10.1 Å². The molecule has 1 aliphatic rings. The first-order valence-corrected chi connectivity index (χ1v) is 7.68. The van der Waals surface area contributed by atoms with Gasteiger partial charge in [0.2, 0.25) is 0 Å². The summed E-state index contributed by atoms with van der Waals surface area (Å²) in [5.74, 6) is 0. The Kier molecular flexibility index (Phi) is 7.95. The fraction of sp³-hybridized carbons (Fsp3) is 0.818. The number of nitrogens with zero attached hydrogens (tertiary/aromatic N) is 2. The van der Waals surface area contributed by atoms with E-state index in [0.717, 1.165) is 6.67 Å². The lowest BCUT2D eigenvalue weighted by Gasteiger charge is -2.17. The molecule has 0 saturated carbocycles. The van der Waals surface area contributed by atoms with E-state index < -0.39 is 15.6 Å². The molecular weight excluding hydrogens is 297 g/mol.